The number of piperazine rings is 1. The highest BCUT2D eigenvalue weighted by molar-refractivity contribution is 5.99. The van der Waals surface area contributed by atoms with Crippen molar-refractivity contribution in [3.63, 3.8) is 0 Å². The van der Waals surface area contributed by atoms with E-state index < -0.39 is 18.7 Å². The summed E-state index contributed by atoms with van der Waals surface area (Å²) >= 11 is 0. The number of halogens is 2. The highest BCUT2D eigenvalue weighted by Gasteiger charge is 2.37. The molecular formula is C29H29F2N7O2. The number of aliphatic hydroxyl groups excluding tert-OH is 1. The van der Waals surface area contributed by atoms with Crippen LogP contribution in [0.15, 0.2) is 79.6 Å². The monoisotopic (exact) mass is 545 g/mol. The summed E-state index contributed by atoms with van der Waals surface area (Å²) in [6.07, 6.45) is 0.162. The van der Waals surface area contributed by atoms with Crippen LogP contribution in [0, 0.1) is 0 Å². The highest BCUT2D eigenvalue weighted by atomic mass is 19.2. The SMILES string of the molecule is C=CC(=O)Nc1cccc(-c2nccc3cnc(Nc4ccc(N5CCN(CC(C)O)C(F)C5F)cc4)nc23)c1. The molecule has 5 rings (SSSR count). The van der Waals surface area contributed by atoms with Crippen molar-refractivity contribution < 1.29 is 18.7 Å². The van der Waals surface area contributed by atoms with E-state index in [1.165, 1.54) is 15.9 Å². The van der Waals surface area contributed by atoms with Crippen molar-refractivity contribution in [2.45, 2.75) is 25.6 Å². The molecule has 1 aliphatic heterocycles. The van der Waals surface area contributed by atoms with Gasteiger partial charge in [-0.25, -0.2) is 18.7 Å². The van der Waals surface area contributed by atoms with Gasteiger partial charge in [0.25, 0.3) is 0 Å². The number of hydrogen-bond donors (Lipinski definition) is 3. The fourth-order valence-corrected chi connectivity index (χ4v) is 4.64. The number of carbonyl (C=O) groups is 1. The first-order valence-electron chi connectivity index (χ1n) is 12.8. The van der Waals surface area contributed by atoms with E-state index >= 15 is 0 Å². The van der Waals surface area contributed by atoms with Gasteiger partial charge in [-0.2, -0.15) is 0 Å². The predicted molar refractivity (Wildman–Crippen MR) is 152 cm³/mol. The predicted octanol–water partition coefficient (Wildman–Crippen LogP) is 4.65. The molecule has 0 spiro atoms. The molecule has 0 radical (unpaired) electrons. The number of nitrogens with zero attached hydrogens (tertiary/aromatic N) is 5. The molecule has 1 aliphatic rings. The average Bonchev–Trinajstić information content (AvgIpc) is 2.96. The van der Waals surface area contributed by atoms with Gasteiger partial charge in [-0.3, -0.25) is 14.7 Å². The molecule has 3 heterocycles. The molecule has 2 aromatic heterocycles. The quantitative estimate of drug-likeness (QED) is 0.217. The van der Waals surface area contributed by atoms with Gasteiger partial charge in [0.1, 0.15) is 5.52 Å². The normalized spacial score (nSPS) is 18.4. The number of benzene rings is 2. The molecule has 11 heteroatoms. The second-order valence-corrected chi connectivity index (χ2v) is 9.52. The maximum absolute atomic E-state index is 14.9. The summed E-state index contributed by atoms with van der Waals surface area (Å²) < 4.78 is 29.5. The zero-order chi connectivity index (χ0) is 28.2. The first-order valence-corrected chi connectivity index (χ1v) is 12.8. The molecule has 206 valence electrons. The lowest BCUT2D eigenvalue weighted by Crippen LogP contribution is -2.57. The summed E-state index contributed by atoms with van der Waals surface area (Å²) in [6, 6.07) is 16.0. The van der Waals surface area contributed by atoms with Crippen molar-refractivity contribution in [1.29, 1.82) is 0 Å². The maximum atomic E-state index is 14.9. The summed E-state index contributed by atoms with van der Waals surface area (Å²) in [4.78, 5) is 28.0. The molecule has 1 fully saturated rings. The lowest BCUT2D eigenvalue weighted by molar-refractivity contribution is -0.111. The fraction of sp³-hybridized carbons (Fsp3) is 0.241. The average molecular weight is 546 g/mol. The topological polar surface area (TPSA) is 107 Å². The number of hydrogen-bond acceptors (Lipinski definition) is 8. The number of pyridine rings is 1. The minimum atomic E-state index is -1.84. The molecule has 3 atom stereocenters. The summed E-state index contributed by atoms with van der Waals surface area (Å²) in [7, 11) is 0. The Morgan fingerprint density at radius 3 is 2.67 bits per heavy atom. The number of aliphatic hydroxyl groups is 1. The summed E-state index contributed by atoms with van der Waals surface area (Å²) in [5, 5.41) is 16.2. The van der Waals surface area contributed by atoms with Crippen LogP contribution in [-0.2, 0) is 4.79 Å². The summed E-state index contributed by atoms with van der Waals surface area (Å²) in [5.74, 6) is 0.0255. The molecule has 0 bridgehead atoms. The number of fused-ring (bicyclic) bond motifs is 1. The number of nitrogens with one attached hydrogen (secondary N) is 2. The molecule has 1 amide bonds. The zero-order valence-electron chi connectivity index (χ0n) is 21.8. The van der Waals surface area contributed by atoms with Crippen molar-refractivity contribution in [3.8, 4) is 11.3 Å². The van der Waals surface area contributed by atoms with Gasteiger partial charge in [-0.05, 0) is 55.5 Å². The van der Waals surface area contributed by atoms with E-state index in [1.54, 1.807) is 55.7 Å². The van der Waals surface area contributed by atoms with Crippen LogP contribution >= 0.6 is 0 Å². The van der Waals surface area contributed by atoms with Crippen molar-refractivity contribution in [1.82, 2.24) is 19.9 Å². The van der Waals surface area contributed by atoms with Gasteiger partial charge in [-0.15, -0.1) is 0 Å². The third kappa shape index (κ3) is 5.90. The van der Waals surface area contributed by atoms with Crippen LogP contribution in [0.2, 0.25) is 0 Å². The van der Waals surface area contributed by atoms with Crippen molar-refractivity contribution >= 4 is 39.8 Å². The second-order valence-electron chi connectivity index (χ2n) is 9.52. The summed E-state index contributed by atoms with van der Waals surface area (Å²) in [6.45, 7) is 5.71. The minimum absolute atomic E-state index is 0.0819. The van der Waals surface area contributed by atoms with Crippen LogP contribution in [0.25, 0.3) is 22.2 Å². The van der Waals surface area contributed by atoms with E-state index in [1.807, 2.05) is 18.2 Å². The van der Waals surface area contributed by atoms with Crippen LogP contribution in [-0.4, -0.2) is 69.2 Å². The molecule has 0 saturated carbocycles. The van der Waals surface area contributed by atoms with Gasteiger partial charge in [0.2, 0.25) is 24.4 Å². The minimum Gasteiger partial charge on any atom is -0.392 e. The van der Waals surface area contributed by atoms with Gasteiger partial charge >= 0.3 is 0 Å². The number of rotatable bonds is 8. The fourth-order valence-electron chi connectivity index (χ4n) is 4.64. The van der Waals surface area contributed by atoms with E-state index in [9.17, 15) is 18.7 Å². The Hall–Kier alpha value is -4.48. The van der Waals surface area contributed by atoms with Crippen LogP contribution < -0.4 is 15.5 Å². The third-order valence-corrected chi connectivity index (χ3v) is 6.54. The van der Waals surface area contributed by atoms with Crippen molar-refractivity contribution in [2.24, 2.45) is 0 Å². The van der Waals surface area contributed by atoms with Gasteiger partial charge in [0, 0.05) is 60.0 Å². The van der Waals surface area contributed by atoms with E-state index in [0.29, 0.717) is 47.3 Å². The molecule has 9 nitrogen and oxygen atoms in total. The Morgan fingerprint density at radius 2 is 1.93 bits per heavy atom. The van der Waals surface area contributed by atoms with Crippen LogP contribution in [0.1, 0.15) is 6.92 Å². The first kappa shape index (κ1) is 27.1. The lowest BCUT2D eigenvalue weighted by Gasteiger charge is -2.41. The lowest BCUT2D eigenvalue weighted by atomic mass is 10.1. The van der Waals surface area contributed by atoms with E-state index in [0.717, 1.165) is 10.9 Å². The molecule has 0 aliphatic carbocycles. The van der Waals surface area contributed by atoms with E-state index in [2.05, 4.69) is 32.2 Å². The number of carbonyl (C=O) groups excluding carboxylic acids is 1. The summed E-state index contributed by atoms with van der Waals surface area (Å²) in [5.41, 5.74) is 3.83. The van der Waals surface area contributed by atoms with E-state index in [-0.39, 0.29) is 12.5 Å². The number of aromatic nitrogens is 3. The van der Waals surface area contributed by atoms with Crippen molar-refractivity contribution in [2.75, 3.05) is 35.2 Å². The second kappa shape index (κ2) is 11.7. The van der Waals surface area contributed by atoms with Crippen LogP contribution in [0.4, 0.5) is 31.8 Å². The third-order valence-electron chi connectivity index (χ3n) is 6.54. The molecule has 1 saturated heterocycles. The molecule has 4 aromatic rings. The smallest absolute Gasteiger partial charge is 0.247 e. The van der Waals surface area contributed by atoms with Gasteiger partial charge < -0.3 is 20.6 Å². The molecule has 40 heavy (non-hydrogen) atoms. The number of β-amino-alcohol motifs (C(OH)–C–C–N with tert-alkyl or cyclic N) is 1. The molecule has 3 N–H and O–H groups in total. The number of anilines is 4. The van der Waals surface area contributed by atoms with Gasteiger partial charge in [0.15, 0.2) is 0 Å². The van der Waals surface area contributed by atoms with Gasteiger partial charge in [0.05, 0.1) is 11.8 Å². The van der Waals surface area contributed by atoms with E-state index in [4.69, 9.17) is 0 Å². The largest absolute Gasteiger partial charge is 0.392 e. The van der Waals surface area contributed by atoms with Gasteiger partial charge in [-0.1, -0.05) is 18.7 Å². The maximum Gasteiger partial charge on any atom is 0.247 e. The van der Waals surface area contributed by atoms with Crippen molar-refractivity contribution in [3.05, 3.63) is 79.6 Å². The molecular weight excluding hydrogens is 516 g/mol. The molecule has 2 aromatic carbocycles. The Bertz CT molecular complexity index is 1520. The number of alkyl halides is 2. The van der Waals surface area contributed by atoms with Crippen LogP contribution in [0.5, 0.6) is 0 Å². The Kier molecular flexibility index (Phi) is 7.94. The number of amides is 1. The standard InChI is InChI=1S/C29H29F2N7O2/c1-3-24(40)34-22-6-4-5-19(15-22)25-26-20(11-12-32-25)16-33-29(36-26)35-21-7-9-23(10-8-21)38-14-13-37(17-18(2)39)27(30)28(38)31/h3-12,15-16,18,27-28,39H,1,13-14,17H2,2H3,(H,34,40)(H,33,35,36). The first-order chi connectivity index (χ1) is 19.3. The Morgan fingerprint density at radius 1 is 1.12 bits per heavy atom. The van der Waals surface area contributed by atoms with Crippen LogP contribution in [0.3, 0.4) is 0 Å². The zero-order valence-corrected chi connectivity index (χ0v) is 21.8. The Balaban J connectivity index is 1.34. The molecule has 3 unspecified atom stereocenters. The highest BCUT2D eigenvalue weighted by Crippen LogP contribution is 2.30. The Labute approximate surface area is 230 Å².